The Bertz CT molecular complexity index is 1420. The molecule has 0 aliphatic carbocycles. The van der Waals surface area contributed by atoms with Gasteiger partial charge in [-0.2, -0.15) is 5.10 Å². The van der Waals surface area contributed by atoms with Crippen LogP contribution in [-0.2, 0) is 19.5 Å². The summed E-state index contributed by atoms with van der Waals surface area (Å²) in [5.41, 5.74) is 12.9. The van der Waals surface area contributed by atoms with E-state index in [0.29, 0.717) is 5.56 Å². The van der Waals surface area contributed by atoms with Crippen molar-refractivity contribution in [1.82, 2.24) is 14.9 Å². The molecule has 0 saturated carbocycles. The van der Waals surface area contributed by atoms with Crippen LogP contribution in [0.4, 0.5) is 0 Å². The molecule has 0 fully saturated rings. The second-order valence-corrected chi connectivity index (χ2v) is 9.63. The summed E-state index contributed by atoms with van der Waals surface area (Å²) in [6.07, 6.45) is 2.80. The highest BCUT2D eigenvalue weighted by Gasteiger charge is 2.16. The minimum atomic E-state index is -0.211. The summed E-state index contributed by atoms with van der Waals surface area (Å²) in [6.45, 7) is 9.14. The third kappa shape index (κ3) is 5.16. The van der Waals surface area contributed by atoms with Gasteiger partial charge in [-0.3, -0.25) is 9.69 Å². The predicted molar refractivity (Wildman–Crippen MR) is 146 cm³/mol. The fourth-order valence-corrected chi connectivity index (χ4v) is 5.02. The van der Waals surface area contributed by atoms with Gasteiger partial charge in [-0.1, -0.05) is 48.5 Å². The number of hydrogen-bond acceptors (Lipinski definition) is 3. The lowest BCUT2D eigenvalue weighted by molar-refractivity contribution is 0.0955. The maximum atomic E-state index is 12.6. The van der Waals surface area contributed by atoms with E-state index >= 15 is 0 Å². The summed E-state index contributed by atoms with van der Waals surface area (Å²) < 4.78 is 2.20. The zero-order valence-electron chi connectivity index (χ0n) is 21.2. The third-order valence-electron chi connectivity index (χ3n) is 6.93. The van der Waals surface area contributed by atoms with Gasteiger partial charge in [-0.15, -0.1) is 0 Å². The highest BCUT2D eigenvalue weighted by Crippen LogP contribution is 2.21. The molecule has 5 rings (SSSR count). The first-order chi connectivity index (χ1) is 17.5. The van der Waals surface area contributed by atoms with Crippen molar-refractivity contribution in [2.45, 2.75) is 40.3 Å². The number of hydrogen-bond donors (Lipinski definition) is 1. The van der Waals surface area contributed by atoms with E-state index in [9.17, 15) is 4.79 Å². The minimum absolute atomic E-state index is 0.211. The number of benzene rings is 3. The van der Waals surface area contributed by atoms with Gasteiger partial charge in [0.1, 0.15) is 0 Å². The van der Waals surface area contributed by atoms with Crippen molar-refractivity contribution >= 4 is 12.1 Å². The Kier molecular flexibility index (Phi) is 6.83. The first-order valence-corrected chi connectivity index (χ1v) is 12.5. The van der Waals surface area contributed by atoms with E-state index in [1.165, 1.54) is 22.3 Å². The summed E-state index contributed by atoms with van der Waals surface area (Å²) in [7, 11) is 0. The SMILES string of the molecule is Cc1cccc(-n2c(C)cc(/C=N\NC(=O)c3ccc(CN4CCc5ccccc5C4)cc3)c2C)c1. The predicted octanol–water partition coefficient (Wildman–Crippen LogP) is 5.72. The average molecular weight is 477 g/mol. The van der Waals surface area contributed by atoms with Crippen molar-refractivity contribution in [2.24, 2.45) is 5.10 Å². The van der Waals surface area contributed by atoms with E-state index in [-0.39, 0.29) is 5.91 Å². The molecule has 0 spiro atoms. The van der Waals surface area contributed by atoms with Crippen LogP contribution in [0.1, 0.15) is 49.6 Å². The number of carbonyl (C=O) groups excluding carboxylic acids is 1. The zero-order chi connectivity index (χ0) is 25.1. The molecule has 1 aromatic heterocycles. The van der Waals surface area contributed by atoms with Gasteiger partial charge in [0.2, 0.25) is 0 Å². The number of nitrogens with one attached hydrogen (secondary N) is 1. The number of carbonyl (C=O) groups is 1. The van der Waals surface area contributed by atoms with Crippen LogP contribution in [0.3, 0.4) is 0 Å². The summed E-state index contributed by atoms with van der Waals surface area (Å²) in [5, 5.41) is 4.24. The Labute approximate surface area is 213 Å². The second kappa shape index (κ2) is 10.3. The molecule has 182 valence electrons. The van der Waals surface area contributed by atoms with E-state index in [2.05, 4.69) is 95.4 Å². The molecule has 0 saturated heterocycles. The molecule has 5 heteroatoms. The van der Waals surface area contributed by atoms with E-state index in [1.54, 1.807) is 6.21 Å². The van der Waals surface area contributed by atoms with Gasteiger partial charge in [0.25, 0.3) is 5.91 Å². The molecular formula is C31H32N4O. The van der Waals surface area contributed by atoms with E-state index in [4.69, 9.17) is 0 Å². The standard InChI is InChI=1S/C31H32N4O/c1-22-7-6-10-30(17-22)35-23(2)18-29(24(35)3)19-32-33-31(36)27-13-11-25(12-14-27)20-34-16-15-26-8-4-5-9-28(26)21-34/h4-14,17-19H,15-16,20-21H2,1-3H3,(H,33,36)/b32-19-. The molecule has 1 aliphatic rings. The fourth-order valence-electron chi connectivity index (χ4n) is 5.02. The lowest BCUT2D eigenvalue weighted by atomic mass is 9.99. The van der Waals surface area contributed by atoms with Gasteiger partial charge in [-0.05, 0) is 79.8 Å². The van der Waals surface area contributed by atoms with E-state index in [0.717, 1.165) is 48.7 Å². The topological polar surface area (TPSA) is 49.6 Å². The first-order valence-electron chi connectivity index (χ1n) is 12.5. The Balaban J connectivity index is 1.20. The maximum absolute atomic E-state index is 12.6. The van der Waals surface area contributed by atoms with Crippen molar-refractivity contribution in [3.05, 3.63) is 124 Å². The molecule has 4 aromatic rings. The number of hydrazone groups is 1. The van der Waals surface area contributed by atoms with Gasteiger partial charge in [0.05, 0.1) is 6.21 Å². The summed E-state index contributed by atoms with van der Waals surface area (Å²) in [6, 6.07) is 27.0. The molecule has 0 bridgehead atoms. The molecule has 1 N–H and O–H groups in total. The van der Waals surface area contributed by atoms with Crippen molar-refractivity contribution in [3.8, 4) is 5.69 Å². The highest BCUT2D eigenvalue weighted by atomic mass is 16.2. The molecule has 1 aliphatic heterocycles. The number of rotatable bonds is 6. The number of nitrogens with zero attached hydrogens (tertiary/aromatic N) is 3. The van der Waals surface area contributed by atoms with Crippen LogP contribution in [0.15, 0.2) is 84.0 Å². The Hall–Kier alpha value is -3.96. The Morgan fingerprint density at radius 1 is 0.944 bits per heavy atom. The molecule has 3 aromatic carbocycles. The van der Waals surface area contributed by atoms with E-state index < -0.39 is 0 Å². The molecular weight excluding hydrogens is 444 g/mol. The Morgan fingerprint density at radius 2 is 1.72 bits per heavy atom. The number of aromatic nitrogens is 1. The largest absolute Gasteiger partial charge is 0.318 e. The highest BCUT2D eigenvalue weighted by molar-refractivity contribution is 5.95. The average Bonchev–Trinajstić information content (AvgIpc) is 3.17. The van der Waals surface area contributed by atoms with E-state index in [1.807, 2.05) is 24.3 Å². The minimum Gasteiger partial charge on any atom is -0.318 e. The molecule has 0 radical (unpaired) electrons. The quantitative estimate of drug-likeness (QED) is 0.286. The summed E-state index contributed by atoms with van der Waals surface area (Å²) in [4.78, 5) is 15.1. The van der Waals surface area contributed by atoms with Crippen LogP contribution < -0.4 is 5.43 Å². The first kappa shape index (κ1) is 23.8. The van der Waals surface area contributed by atoms with Crippen LogP contribution in [-0.4, -0.2) is 28.1 Å². The fraction of sp³-hybridized carbons (Fsp3) is 0.226. The lowest BCUT2D eigenvalue weighted by Gasteiger charge is -2.28. The van der Waals surface area contributed by atoms with Crippen molar-refractivity contribution < 1.29 is 4.79 Å². The summed E-state index contributed by atoms with van der Waals surface area (Å²) in [5.74, 6) is -0.211. The molecule has 36 heavy (non-hydrogen) atoms. The molecule has 0 atom stereocenters. The number of amides is 1. The Morgan fingerprint density at radius 3 is 2.50 bits per heavy atom. The molecule has 0 unspecified atom stereocenters. The van der Waals surface area contributed by atoms with Crippen molar-refractivity contribution in [2.75, 3.05) is 6.54 Å². The molecule has 5 nitrogen and oxygen atoms in total. The molecule has 1 amide bonds. The number of fused-ring (bicyclic) bond motifs is 1. The van der Waals surface area contributed by atoms with Crippen LogP contribution >= 0.6 is 0 Å². The molecule has 2 heterocycles. The maximum Gasteiger partial charge on any atom is 0.271 e. The van der Waals surface area contributed by atoms with Gasteiger partial charge in [0, 0.05) is 47.8 Å². The second-order valence-electron chi connectivity index (χ2n) is 9.63. The van der Waals surface area contributed by atoms with Crippen molar-refractivity contribution in [1.29, 1.82) is 0 Å². The van der Waals surface area contributed by atoms with Crippen LogP contribution in [0.2, 0.25) is 0 Å². The lowest BCUT2D eigenvalue weighted by Crippen LogP contribution is -2.30. The van der Waals surface area contributed by atoms with Crippen LogP contribution in [0.5, 0.6) is 0 Å². The number of aryl methyl sites for hydroxylation is 2. The van der Waals surface area contributed by atoms with Crippen LogP contribution in [0.25, 0.3) is 5.69 Å². The smallest absolute Gasteiger partial charge is 0.271 e. The zero-order valence-corrected chi connectivity index (χ0v) is 21.2. The van der Waals surface area contributed by atoms with Crippen molar-refractivity contribution in [3.63, 3.8) is 0 Å². The third-order valence-corrected chi connectivity index (χ3v) is 6.93. The van der Waals surface area contributed by atoms with Gasteiger partial charge in [-0.25, -0.2) is 5.43 Å². The monoisotopic (exact) mass is 476 g/mol. The van der Waals surface area contributed by atoms with Gasteiger partial charge < -0.3 is 4.57 Å². The van der Waals surface area contributed by atoms with Crippen LogP contribution in [0, 0.1) is 20.8 Å². The van der Waals surface area contributed by atoms with Gasteiger partial charge in [0.15, 0.2) is 0 Å². The summed E-state index contributed by atoms with van der Waals surface area (Å²) >= 11 is 0. The van der Waals surface area contributed by atoms with Gasteiger partial charge >= 0.3 is 0 Å². The normalized spacial score (nSPS) is 13.6.